The summed E-state index contributed by atoms with van der Waals surface area (Å²) >= 11 is 3.54. The molecule has 3 nitrogen and oxygen atoms in total. The predicted molar refractivity (Wildman–Crippen MR) is 89.9 cm³/mol. The number of nitrogens with zero attached hydrogens (tertiary/aromatic N) is 1. The molecule has 0 saturated carbocycles. The van der Waals surface area contributed by atoms with Crippen molar-refractivity contribution in [3.8, 4) is 5.75 Å². The molecule has 5 heteroatoms. The molecule has 1 N–H and O–H groups in total. The Morgan fingerprint density at radius 2 is 2.15 bits per heavy atom. The van der Waals surface area contributed by atoms with E-state index < -0.39 is 0 Å². The second-order valence-electron chi connectivity index (χ2n) is 5.21. The van der Waals surface area contributed by atoms with E-state index in [2.05, 4.69) is 39.3 Å². The van der Waals surface area contributed by atoms with Crippen molar-refractivity contribution in [3.63, 3.8) is 0 Å². The lowest BCUT2D eigenvalue weighted by Crippen LogP contribution is -2.32. The van der Waals surface area contributed by atoms with Crippen LogP contribution in [0.2, 0.25) is 0 Å². The first-order valence-electron chi connectivity index (χ1n) is 6.94. The van der Waals surface area contributed by atoms with Crippen LogP contribution in [0.1, 0.15) is 24.8 Å². The number of benzene rings is 1. The number of hydrogen-bond acceptors (Lipinski definition) is 3. The van der Waals surface area contributed by atoms with Gasteiger partial charge in [-0.1, -0.05) is 15.9 Å². The summed E-state index contributed by atoms with van der Waals surface area (Å²) in [6.45, 7) is 3.22. The van der Waals surface area contributed by atoms with Gasteiger partial charge in [-0.3, -0.25) is 4.90 Å². The van der Waals surface area contributed by atoms with Crippen LogP contribution in [0.25, 0.3) is 0 Å². The molecule has 1 atom stereocenters. The quantitative estimate of drug-likeness (QED) is 0.886. The molecule has 1 heterocycles. The lowest BCUT2D eigenvalue weighted by atomic mass is 10.1. The Bertz CT molecular complexity index is 409. The third kappa shape index (κ3) is 4.92. The van der Waals surface area contributed by atoms with Crippen LogP contribution in [-0.4, -0.2) is 38.2 Å². The van der Waals surface area contributed by atoms with Gasteiger partial charge < -0.3 is 10.1 Å². The molecule has 1 aliphatic rings. The van der Waals surface area contributed by atoms with Gasteiger partial charge in [-0.25, -0.2) is 0 Å². The number of hydrogen-bond donors (Lipinski definition) is 1. The summed E-state index contributed by atoms with van der Waals surface area (Å²) in [5, 5.41) is 3.47. The van der Waals surface area contributed by atoms with Gasteiger partial charge in [0.2, 0.25) is 0 Å². The van der Waals surface area contributed by atoms with E-state index in [0.29, 0.717) is 6.04 Å². The van der Waals surface area contributed by atoms with Crippen molar-refractivity contribution >= 4 is 28.3 Å². The van der Waals surface area contributed by atoms with Crippen LogP contribution in [-0.2, 0) is 6.54 Å². The maximum absolute atomic E-state index is 5.45. The van der Waals surface area contributed by atoms with Crippen molar-refractivity contribution in [1.82, 2.24) is 10.2 Å². The third-order valence-corrected chi connectivity index (χ3v) is 4.32. The zero-order valence-corrected chi connectivity index (χ0v) is 14.6. The minimum absolute atomic E-state index is 0. The lowest BCUT2D eigenvalue weighted by Gasteiger charge is -2.27. The second-order valence-corrected chi connectivity index (χ2v) is 6.12. The Hall–Kier alpha value is -0.290. The minimum atomic E-state index is 0. The van der Waals surface area contributed by atoms with E-state index in [9.17, 15) is 0 Å². The summed E-state index contributed by atoms with van der Waals surface area (Å²) in [5.41, 5.74) is 1.25. The number of nitrogens with one attached hydrogen (secondary N) is 1. The first-order valence-corrected chi connectivity index (χ1v) is 7.73. The Morgan fingerprint density at radius 1 is 1.35 bits per heavy atom. The van der Waals surface area contributed by atoms with E-state index in [-0.39, 0.29) is 12.4 Å². The van der Waals surface area contributed by atoms with Crippen LogP contribution in [0.4, 0.5) is 0 Å². The maximum Gasteiger partial charge on any atom is 0.123 e. The number of halogens is 2. The SMILES string of the molecule is COc1ccc(Br)cc1CN(C)C1CCCNCC1.Cl. The largest absolute Gasteiger partial charge is 0.496 e. The molecule has 0 aromatic heterocycles. The van der Waals surface area contributed by atoms with E-state index in [1.54, 1.807) is 7.11 Å². The van der Waals surface area contributed by atoms with Gasteiger partial charge in [0.05, 0.1) is 7.11 Å². The van der Waals surface area contributed by atoms with E-state index in [1.165, 1.54) is 24.8 Å². The summed E-state index contributed by atoms with van der Waals surface area (Å²) in [5.74, 6) is 0.974. The molecule has 1 fully saturated rings. The minimum Gasteiger partial charge on any atom is -0.496 e. The molecule has 1 aliphatic heterocycles. The Balaban J connectivity index is 0.00000200. The van der Waals surface area contributed by atoms with Gasteiger partial charge >= 0.3 is 0 Å². The first-order chi connectivity index (χ1) is 9.20. The molecule has 0 spiro atoms. The fourth-order valence-corrected chi connectivity index (χ4v) is 3.12. The molecule has 1 saturated heterocycles. The van der Waals surface area contributed by atoms with Gasteiger partial charge in [-0.15, -0.1) is 12.4 Å². The van der Waals surface area contributed by atoms with Crippen molar-refractivity contribution in [2.75, 3.05) is 27.2 Å². The maximum atomic E-state index is 5.45. The van der Waals surface area contributed by atoms with Crippen molar-refractivity contribution in [3.05, 3.63) is 28.2 Å². The summed E-state index contributed by atoms with van der Waals surface area (Å²) in [7, 11) is 3.96. The number of rotatable bonds is 4. The molecule has 0 amide bonds. The Kier molecular flexibility index (Phi) is 7.88. The molecule has 20 heavy (non-hydrogen) atoms. The summed E-state index contributed by atoms with van der Waals surface area (Å²) in [6.07, 6.45) is 3.78. The van der Waals surface area contributed by atoms with Crippen LogP contribution in [0.3, 0.4) is 0 Å². The molecule has 114 valence electrons. The van der Waals surface area contributed by atoms with Crippen LogP contribution in [0, 0.1) is 0 Å². The van der Waals surface area contributed by atoms with Crippen LogP contribution in [0.5, 0.6) is 5.75 Å². The third-order valence-electron chi connectivity index (χ3n) is 3.83. The normalized spacial score (nSPS) is 19.3. The van der Waals surface area contributed by atoms with Crippen LogP contribution in [0.15, 0.2) is 22.7 Å². The van der Waals surface area contributed by atoms with Gasteiger partial charge in [0.25, 0.3) is 0 Å². The topological polar surface area (TPSA) is 24.5 Å². The van der Waals surface area contributed by atoms with E-state index in [1.807, 2.05) is 12.1 Å². The standard InChI is InChI=1S/C15H23BrN2O.ClH/c1-18(14-4-3-8-17-9-7-14)11-12-10-13(16)5-6-15(12)19-2;/h5-6,10,14,17H,3-4,7-9,11H2,1-2H3;1H. The van der Waals surface area contributed by atoms with Crippen LogP contribution < -0.4 is 10.1 Å². The van der Waals surface area contributed by atoms with Gasteiger partial charge in [0, 0.05) is 22.6 Å². The monoisotopic (exact) mass is 362 g/mol. The zero-order chi connectivity index (χ0) is 13.7. The molecule has 0 bridgehead atoms. The highest BCUT2D eigenvalue weighted by atomic mass is 79.9. The molecular formula is C15H24BrClN2O. The second kappa shape index (κ2) is 8.88. The smallest absolute Gasteiger partial charge is 0.123 e. The zero-order valence-electron chi connectivity index (χ0n) is 12.2. The summed E-state index contributed by atoms with van der Waals surface area (Å²) in [4.78, 5) is 2.46. The highest BCUT2D eigenvalue weighted by molar-refractivity contribution is 9.10. The summed E-state index contributed by atoms with van der Waals surface area (Å²) < 4.78 is 6.56. The average Bonchev–Trinajstić information content (AvgIpc) is 2.68. The van der Waals surface area contributed by atoms with Gasteiger partial charge in [0.15, 0.2) is 0 Å². The van der Waals surface area contributed by atoms with Gasteiger partial charge in [0.1, 0.15) is 5.75 Å². The van der Waals surface area contributed by atoms with Crippen molar-refractivity contribution < 1.29 is 4.74 Å². The van der Waals surface area contributed by atoms with Crippen molar-refractivity contribution in [2.24, 2.45) is 0 Å². The van der Waals surface area contributed by atoms with E-state index >= 15 is 0 Å². The van der Waals surface area contributed by atoms with Gasteiger partial charge in [-0.05, 0) is 57.6 Å². The van der Waals surface area contributed by atoms with Gasteiger partial charge in [-0.2, -0.15) is 0 Å². The molecule has 1 unspecified atom stereocenters. The highest BCUT2D eigenvalue weighted by Crippen LogP contribution is 2.25. The van der Waals surface area contributed by atoms with E-state index in [4.69, 9.17) is 4.74 Å². The molecule has 0 aliphatic carbocycles. The fourth-order valence-electron chi connectivity index (χ4n) is 2.71. The number of methoxy groups -OCH3 is 1. The summed E-state index contributed by atoms with van der Waals surface area (Å²) in [6, 6.07) is 6.88. The molecular weight excluding hydrogens is 340 g/mol. The average molecular weight is 364 g/mol. The molecule has 1 aromatic rings. The van der Waals surface area contributed by atoms with E-state index in [0.717, 1.165) is 29.9 Å². The molecule has 2 rings (SSSR count). The highest BCUT2D eigenvalue weighted by Gasteiger charge is 2.18. The first kappa shape index (κ1) is 17.8. The Morgan fingerprint density at radius 3 is 2.90 bits per heavy atom. The Labute approximate surface area is 136 Å². The van der Waals surface area contributed by atoms with Crippen molar-refractivity contribution in [1.29, 1.82) is 0 Å². The predicted octanol–water partition coefficient (Wildman–Crippen LogP) is 3.45. The molecule has 1 aromatic carbocycles. The molecule has 0 radical (unpaired) electrons. The fraction of sp³-hybridized carbons (Fsp3) is 0.600. The van der Waals surface area contributed by atoms with Crippen molar-refractivity contribution in [2.45, 2.75) is 31.8 Å². The number of ether oxygens (including phenoxy) is 1. The lowest BCUT2D eigenvalue weighted by molar-refractivity contribution is 0.214. The van der Waals surface area contributed by atoms with Crippen LogP contribution >= 0.6 is 28.3 Å².